The van der Waals surface area contributed by atoms with E-state index >= 15 is 0 Å². The maximum Gasteiger partial charge on any atom is 0.262 e. The molecule has 1 aliphatic carbocycles. The molecule has 1 N–H and O–H groups in total. The van der Waals surface area contributed by atoms with Crippen LogP contribution < -0.4 is 5.32 Å². The summed E-state index contributed by atoms with van der Waals surface area (Å²) in [6.07, 6.45) is 5.19. The van der Waals surface area contributed by atoms with Gasteiger partial charge in [0.2, 0.25) is 5.91 Å². The quantitative estimate of drug-likeness (QED) is 0.671. The van der Waals surface area contributed by atoms with E-state index in [0.29, 0.717) is 5.56 Å². The first-order valence-corrected chi connectivity index (χ1v) is 10.1. The van der Waals surface area contributed by atoms with Gasteiger partial charge in [0.05, 0.1) is 5.52 Å². The molecule has 144 valence electrons. The van der Waals surface area contributed by atoms with Crippen molar-refractivity contribution in [3.63, 3.8) is 0 Å². The maximum atomic E-state index is 13.1. The molecule has 1 aliphatic rings. The lowest BCUT2D eigenvalue weighted by molar-refractivity contribution is -0.119. The van der Waals surface area contributed by atoms with Gasteiger partial charge in [-0.25, -0.2) is 0 Å². The highest BCUT2D eigenvalue weighted by Crippen LogP contribution is 2.28. The molecule has 0 aliphatic heterocycles. The molecule has 0 saturated heterocycles. The van der Waals surface area contributed by atoms with Crippen LogP contribution in [0.2, 0.25) is 0 Å². The van der Waals surface area contributed by atoms with Gasteiger partial charge < -0.3 is 5.32 Å². The summed E-state index contributed by atoms with van der Waals surface area (Å²) in [5.41, 5.74) is 4.44. The minimum absolute atomic E-state index is 0.0297. The lowest BCUT2D eigenvalue weighted by Gasteiger charge is -2.11. The summed E-state index contributed by atoms with van der Waals surface area (Å²) in [7, 11) is 0. The van der Waals surface area contributed by atoms with Gasteiger partial charge in [0.1, 0.15) is 0 Å². The lowest BCUT2D eigenvalue weighted by Crippen LogP contribution is -2.20. The van der Waals surface area contributed by atoms with Crippen molar-refractivity contribution in [2.24, 2.45) is 5.92 Å². The Morgan fingerprint density at radius 3 is 2.43 bits per heavy atom. The minimum atomic E-state index is -0.0297. The zero-order chi connectivity index (χ0) is 19.7. The van der Waals surface area contributed by atoms with Crippen LogP contribution in [0.25, 0.3) is 10.9 Å². The van der Waals surface area contributed by atoms with Gasteiger partial charge in [-0.05, 0) is 68.1 Å². The van der Waals surface area contributed by atoms with E-state index in [4.69, 9.17) is 0 Å². The van der Waals surface area contributed by atoms with E-state index < -0.39 is 0 Å². The molecule has 1 amide bonds. The normalized spacial score (nSPS) is 14.5. The van der Waals surface area contributed by atoms with E-state index in [9.17, 15) is 9.59 Å². The number of benzene rings is 2. The summed E-state index contributed by atoms with van der Waals surface area (Å²) in [6.45, 7) is 4.04. The standard InChI is InChI=1S/C24H26N2O2/c1-3-17-8-10-19(11-9-17)24(28)26-16(2)14-20-15-21(12-13-22(20)26)25-23(27)18-6-4-5-7-18/h8-15,18H,3-7H2,1-2H3,(H,25,27). The van der Waals surface area contributed by atoms with Crippen LogP contribution >= 0.6 is 0 Å². The first-order valence-electron chi connectivity index (χ1n) is 10.1. The number of amides is 1. The van der Waals surface area contributed by atoms with E-state index in [1.807, 2.05) is 55.5 Å². The Morgan fingerprint density at radius 1 is 1.04 bits per heavy atom. The SMILES string of the molecule is CCc1ccc(C(=O)n2c(C)cc3cc(NC(=O)C4CCCC4)ccc32)cc1. The highest BCUT2D eigenvalue weighted by molar-refractivity contribution is 6.04. The molecule has 1 fully saturated rings. The molecule has 3 aromatic rings. The van der Waals surface area contributed by atoms with Crippen LogP contribution in [0, 0.1) is 12.8 Å². The number of aryl methyl sites for hydroxylation is 2. The maximum absolute atomic E-state index is 13.1. The average Bonchev–Trinajstić information content (AvgIpc) is 3.34. The number of nitrogens with one attached hydrogen (secondary N) is 1. The molecular formula is C24H26N2O2. The molecule has 0 radical (unpaired) electrons. The van der Waals surface area contributed by atoms with E-state index in [1.165, 1.54) is 5.56 Å². The Hall–Kier alpha value is -2.88. The third-order valence-corrected chi connectivity index (χ3v) is 5.79. The summed E-state index contributed by atoms with van der Waals surface area (Å²) in [6, 6.07) is 15.6. The summed E-state index contributed by atoms with van der Waals surface area (Å²) in [5.74, 6) is 0.215. The Balaban J connectivity index is 1.61. The molecule has 4 nitrogen and oxygen atoms in total. The summed E-state index contributed by atoms with van der Waals surface area (Å²) in [5, 5.41) is 4.00. The molecule has 4 heteroatoms. The van der Waals surface area contributed by atoms with Gasteiger partial charge >= 0.3 is 0 Å². The topological polar surface area (TPSA) is 51.1 Å². The fourth-order valence-electron chi connectivity index (χ4n) is 4.15. The molecule has 4 rings (SSSR count). The van der Waals surface area contributed by atoms with Crippen molar-refractivity contribution in [2.75, 3.05) is 5.32 Å². The predicted molar refractivity (Wildman–Crippen MR) is 113 cm³/mol. The van der Waals surface area contributed by atoms with E-state index in [1.54, 1.807) is 4.57 Å². The van der Waals surface area contributed by atoms with Gasteiger partial charge in [0, 0.05) is 28.2 Å². The number of carbonyl (C=O) groups is 2. The largest absolute Gasteiger partial charge is 0.326 e. The monoisotopic (exact) mass is 374 g/mol. The second-order valence-corrected chi connectivity index (χ2v) is 7.72. The molecular weight excluding hydrogens is 348 g/mol. The number of aromatic nitrogens is 1. The Kier molecular flexibility index (Phi) is 5.03. The van der Waals surface area contributed by atoms with Crippen LogP contribution in [0.4, 0.5) is 5.69 Å². The van der Waals surface area contributed by atoms with Gasteiger partial charge in [0.15, 0.2) is 0 Å². The molecule has 0 spiro atoms. The predicted octanol–water partition coefficient (Wildman–Crippen LogP) is 5.33. The number of carbonyl (C=O) groups excluding carboxylic acids is 2. The molecule has 1 heterocycles. The molecule has 2 aromatic carbocycles. The Morgan fingerprint density at radius 2 is 1.75 bits per heavy atom. The smallest absolute Gasteiger partial charge is 0.262 e. The molecule has 0 unspecified atom stereocenters. The highest BCUT2D eigenvalue weighted by atomic mass is 16.2. The molecule has 1 aromatic heterocycles. The number of rotatable bonds is 4. The van der Waals surface area contributed by atoms with E-state index in [0.717, 1.165) is 54.4 Å². The number of nitrogens with zero attached hydrogens (tertiary/aromatic N) is 1. The van der Waals surface area contributed by atoms with Crippen molar-refractivity contribution in [1.82, 2.24) is 4.57 Å². The zero-order valence-electron chi connectivity index (χ0n) is 16.5. The van der Waals surface area contributed by atoms with Crippen molar-refractivity contribution >= 4 is 28.4 Å². The van der Waals surface area contributed by atoms with Crippen LogP contribution in [-0.4, -0.2) is 16.4 Å². The van der Waals surface area contributed by atoms with E-state index in [-0.39, 0.29) is 17.7 Å². The molecule has 1 saturated carbocycles. The van der Waals surface area contributed by atoms with Crippen molar-refractivity contribution in [2.45, 2.75) is 46.0 Å². The van der Waals surface area contributed by atoms with Gasteiger partial charge in [0.25, 0.3) is 5.91 Å². The fraction of sp³-hybridized carbons (Fsp3) is 0.333. The second kappa shape index (κ2) is 7.63. The van der Waals surface area contributed by atoms with Crippen LogP contribution in [-0.2, 0) is 11.2 Å². The second-order valence-electron chi connectivity index (χ2n) is 7.72. The number of hydrogen-bond acceptors (Lipinski definition) is 2. The van der Waals surface area contributed by atoms with Crippen molar-refractivity contribution in [1.29, 1.82) is 0 Å². The van der Waals surface area contributed by atoms with Crippen LogP contribution in [0.3, 0.4) is 0 Å². The first kappa shape index (κ1) is 18.5. The van der Waals surface area contributed by atoms with Gasteiger partial charge in [-0.1, -0.05) is 31.9 Å². The third-order valence-electron chi connectivity index (χ3n) is 5.79. The van der Waals surface area contributed by atoms with Gasteiger partial charge in [-0.15, -0.1) is 0 Å². The van der Waals surface area contributed by atoms with Crippen LogP contribution in [0.5, 0.6) is 0 Å². The molecule has 0 atom stereocenters. The summed E-state index contributed by atoms with van der Waals surface area (Å²) < 4.78 is 1.75. The van der Waals surface area contributed by atoms with E-state index in [2.05, 4.69) is 12.2 Å². The minimum Gasteiger partial charge on any atom is -0.326 e. The highest BCUT2D eigenvalue weighted by Gasteiger charge is 2.23. The Labute approximate surface area is 165 Å². The van der Waals surface area contributed by atoms with Crippen LogP contribution in [0.1, 0.15) is 54.2 Å². The third kappa shape index (κ3) is 3.47. The number of anilines is 1. The van der Waals surface area contributed by atoms with Crippen molar-refractivity contribution in [3.8, 4) is 0 Å². The van der Waals surface area contributed by atoms with Gasteiger partial charge in [-0.2, -0.15) is 0 Å². The number of hydrogen-bond donors (Lipinski definition) is 1. The van der Waals surface area contributed by atoms with Gasteiger partial charge in [-0.3, -0.25) is 14.2 Å². The number of fused-ring (bicyclic) bond motifs is 1. The first-order chi connectivity index (χ1) is 13.6. The average molecular weight is 374 g/mol. The fourth-order valence-corrected chi connectivity index (χ4v) is 4.15. The van der Waals surface area contributed by atoms with Crippen LogP contribution in [0.15, 0.2) is 48.5 Å². The van der Waals surface area contributed by atoms with Crippen molar-refractivity contribution in [3.05, 3.63) is 65.4 Å². The van der Waals surface area contributed by atoms with Crippen molar-refractivity contribution < 1.29 is 9.59 Å². The molecule has 28 heavy (non-hydrogen) atoms. The summed E-state index contributed by atoms with van der Waals surface area (Å²) >= 11 is 0. The summed E-state index contributed by atoms with van der Waals surface area (Å²) in [4.78, 5) is 25.5. The molecule has 0 bridgehead atoms. The lowest BCUT2D eigenvalue weighted by atomic mass is 10.1. The Bertz CT molecular complexity index is 1020. The zero-order valence-corrected chi connectivity index (χ0v) is 16.5.